The van der Waals surface area contributed by atoms with E-state index in [1.54, 1.807) is 0 Å². The number of rotatable bonds is 4. The highest BCUT2D eigenvalue weighted by Crippen LogP contribution is 1.99. The van der Waals surface area contributed by atoms with Crippen molar-refractivity contribution in [3.63, 3.8) is 0 Å². The smallest absolute Gasteiger partial charge is 0.321 e. The summed E-state index contributed by atoms with van der Waals surface area (Å²) in [5.41, 5.74) is 5.17. The largest absolute Gasteiger partial charge is 0.480 e. The van der Waals surface area contributed by atoms with Gasteiger partial charge < -0.3 is 10.8 Å². The van der Waals surface area contributed by atoms with Crippen LogP contribution in [0.15, 0.2) is 0 Å². The normalized spacial score (nSPS) is 12.0. The van der Waals surface area contributed by atoms with Gasteiger partial charge in [-0.1, -0.05) is 5.92 Å². The van der Waals surface area contributed by atoms with Crippen LogP contribution in [0, 0.1) is 12.3 Å². The summed E-state index contributed by atoms with van der Waals surface area (Å²) in [5.74, 6) is 2.28. The second-order valence-corrected chi connectivity index (χ2v) is 2.69. The molecule has 0 spiro atoms. The molecule has 4 heteroatoms. The van der Waals surface area contributed by atoms with Crippen LogP contribution in [-0.4, -0.2) is 28.6 Å². The molecule has 0 aliphatic carbocycles. The van der Waals surface area contributed by atoms with Crippen LogP contribution in [0.3, 0.4) is 0 Å². The van der Waals surface area contributed by atoms with Crippen molar-refractivity contribution in [1.29, 1.82) is 0 Å². The second-order valence-electron chi connectivity index (χ2n) is 1.66. The van der Waals surface area contributed by atoms with Crippen molar-refractivity contribution in [3.05, 3.63) is 0 Å². The van der Waals surface area contributed by atoms with E-state index in [1.807, 2.05) is 0 Å². The molecule has 3 nitrogen and oxygen atoms in total. The molecule has 3 N–H and O–H groups in total. The Morgan fingerprint density at radius 2 is 2.50 bits per heavy atom. The molecule has 0 aromatic heterocycles. The molecule has 0 unspecified atom stereocenters. The quantitative estimate of drug-likeness (QED) is 0.439. The molecule has 0 heterocycles. The molecule has 0 aliphatic heterocycles. The van der Waals surface area contributed by atoms with Crippen molar-refractivity contribution in [2.75, 3.05) is 11.5 Å². The molecule has 0 amide bonds. The fourth-order valence-electron chi connectivity index (χ4n) is 0.316. The first-order valence-electron chi connectivity index (χ1n) is 2.68. The predicted octanol–water partition coefficient (Wildman–Crippen LogP) is -0.235. The van der Waals surface area contributed by atoms with Gasteiger partial charge in [-0.15, -0.1) is 18.2 Å². The van der Waals surface area contributed by atoms with Gasteiger partial charge in [-0.25, -0.2) is 0 Å². The van der Waals surface area contributed by atoms with Crippen molar-refractivity contribution in [2.45, 2.75) is 6.04 Å². The van der Waals surface area contributed by atoms with Gasteiger partial charge in [0.25, 0.3) is 0 Å². The number of carboxylic acids is 1. The minimum absolute atomic E-state index is 0.375. The Kier molecular flexibility index (Phi) is 4.81. The van der Waals surface area contributed by atoms with Gasteiger partial charge in [-0.05, 0) is 0 Å². The van der Waals surface area contributed by atoms with Crippen LogP contribution < -0.4 is 5.73 Å². The first-order chi connectivity index (χ1) is 4.68. The third-order valence-corrected chi connectivity index (χ3v) is 1.77. The molecule has 1 atom stereocenters. The number of aliphatic carboxylic acids is 1. The fraction of sp³-hybridized carbons (Fsp3) is 0.500. The number of carboxylic acid groups (broad SMARTS) is 1. The highest BCUT2D eigenvalue weighted by atomic mass is 32.2. The van der Waals surface area contributed by atoms with Crippen LogP contribution in [0.1, 0.15) is 0 Å². The Morgan fingerprint density at radius 3 is 2.90 bits per heavy atom. The van der Waals surface area contributed by atoms with Crippen molar-refractivity contribution < 1.29 is 9.90 Å². The first kappa shape index (κ1) is 9.34. The first-order valence-corrected chi connectivity index (χ1v) is 3.83. The molecule has 0 saturated heterocycles. The van der Waals surface area contributed by atoms with Crippen LogP contribution in [0.5, 0.6) is 0 Å². The van der Waals surface area contributed by atoms with Gasteiger partial charge in [0.05, 0.1) is 5.75 Å². The zero-order valence-electron chi connectivity index (χ0n) is 5.41. The maximum atomic E-state index is 10.1. The molecule has 56 valence electrons. The summed E-state index contributed by atoms with van der Waals surface area (Å²) in [4.78, 5) is 10.1. The molecule has 0 fully saturated rings. The lowest BCUT2D eigenvalue weighted by Gasteiger charge is -2.02. The van der Waals surface area contributed by atoms with Crippen molar-refractivity contribution in [1.82, 2.24) is 0 Å². The van der Waals surface area contributed by atoms with Gasteiger partial charge in [0.2, 0.25) is 0 Å². The Labute approximate surface area is 64.0 Å². The summed E-state index contributed by atoms with van der Waals surface area (Å²) in [6.07, 6.45) is 4.93. The summed E-state index contributed by atoms with van der Waals surface area (Å²) >= 11 is 1.35. The maximum absolute atomic E-state index is 10.1. The van der Waals surface area contributed by atoms with Crippen LogP contribution in [-0.2, 0) is 4.79 Å². The van der Waals surface area contributed by atoms with Crippen molar-refractivity contribution in [2.24, 2.45) is 5.73 Å². The molecule has 0 bridgehead atoms. The van der Waals surface area contributed by atoms with E-state index in [9.17, 15) is 4.79 Å². The SMILES string of the molecule is C#CCSC[C@H](N)C(=O)O. The summed E-state index contributed by atoms with van der Waals surface area (Å²) in [6, 6.07) is -0.793. The number of nitrogens with two attached hydrogens (primary N) is 1. The van der Waals surface area contributed by atoms with E-state index in [4.69, 9.17) is 17.3 Å². The molecule has 0 rings (SSSR count). The van der Waals surface area contributed by atoms with E-state index in [0.29, 0.717) is 11.5 Å². The molecule has 0 aliphatic rings. The predicted molar refractivity (Wildman–Crippen MR) is 41.8 cm³/mol. The van der Waals surface area contributed by atoms with Gasteiger partial charge in [-0.3, -0.25) is 4.79 Å². The average Bonchev–Trinajstić information content (AvgIpc) is 1.88. The Morgan fingerprint density at radius 1 is 1.90 bits per heavy atom. The van der Waals surface area contributed by atoms with Gasteiger partial charge in [0, 0.05) is 5.75 Å². The third-order valence-electron chi connectivity index (χ3n) is 0.800. The topological polar surface area (TPSA) is 63.3 Å². The van der Waals surface area contributed by atoms with Crippen LogP contribution in [0.4, 0.5) is 0 Å². The molecule has 0 radical (unpaired) electrons. The van der Waals surface area contributed by atoms with Crippen molar-refractivity contribution >= 4 is 17.7 Å². The molecular formula is C6H9NO2S. The molecule has 0 aromatic carbocycles. The van der Waals surface area contributed by atoms with Gasteiger partial charge in [0.1, 0.15) is 6.04 Å². The zero-order valence-corrected chi connectivity index (χ0v) is 6.23. The average molecular weight is 159 g/mol. The monoisotopic (exact) mass is 159 g/mol. The van der Waals surface area contributed by atoms with E-state index >= 15 is 0 Å². The number of carbonyl (C=O) groups is 1. The minimum Gasteiger partial charge on any atom is -0.480 e. The summed E-state index contributed by atoms with van der Waals surface area (Å²) in [7, 11) is 0. The Bertz CT molecular complexity index is 152. The second kappa shape index (κ2) is 5.15. The lowest BCUT2D eigenvalue weighted by molar-refractivity contribution is -0.137. The number of hydrogen-bond acceptors (Lipinski definition) is 3. The number of terminal acetylenes is 1. The third kappa shape index (κ3) is 4.24. The van der Waals surface area contributed by atoms with Gasteiger partial charge in [0.15, 0.2) is 0 Å². The summed E-state index contributed by atoms with van der Waals surface area (Å²) in [6.45, 7) is 0. The standard InChI is InChI=1S/C6H9NO2S/c1-2-3-10-4-5(7)6(8)9/h1,5H,3-4,7H2,(H,8,9)/t5-/m0/s1. The summed E-state index contributed by atoms with van der Waals surface area (Å²) in [5, 5.41) is 8.29. The Balaban J connectivity index is 3.32. The highest BCUT2D eigenvalue weighted by molar-refractivity contribution is 7.99. The summed E-state index contributed by atoms with van der Waals surface area (Å²) < 4.78 is 0. The zero-order chi connectivity index (χ0) is 7.98. The molecule has 0 saturated carbocycles. The molecular weight excluding hydrogens is 150 g/mol. The van der Waals surface area contributed by atoms with E-state index in [2.05, 4.69) is 5.92 Å². The van der Waals surface area contributed by atoms with Gasteiger partial charge >= 0.3 is 5.97 Å². The van der Waals surface area contributed by atoms with E-state index in [1.165, 1.54) is 11.8 Å². The van der Waals surface area contributed by atoms with Gasteiger partial charge in [-0.2, -0.15) is 0 Å². The molecule has 0 aromatic rings. The minimum atomic E-state index is -0.982. The molecule has 10 heavy (non-hydrogen) atoms. The van der Waals surface area contributed by atoms with Crippen molar-refractivity contribution in [3.8, 4) is 12.3 Å². The number of thioether (sulfide) groups is 1. The van der Waals surface area contributed by atoms with E-state index < -0.39 is 12.0 Å². The van der Waals surface area contributed by atoms with Crippen LogP contribution >= 0.6 is 11.8 Å². The highest BCUT2D eigenvalue weighted by Gasteiger charge is 2.09. The van der Waals surface area contributed by atoms with Crippen LogP contribution in [0.2, 0.25) is 0 Å². The lowest BCUT2D eigenvalue weighted by atomic mass is 10.4. The fourth-order valence-corrected chi connectivity index (χ4v) is 0.948. The van der Waals surface area contributed by atoms with E-state index in [0.717, 1.165) is 0 Å². The van der Waals surface area contributed by atoms with Crippen LogP contribution in [0.25, 0.3) is 0 Å². The number of hydrogen-bond donors (Lipinski definition) is 2. The van der Waals surface area contributed by atoms with E-state index in [-0.39, 0.29) is 0 Å². The lowest BCUT2D eigenvalue weighted by Crippen LogP contribution is -2.32. The maximum Gasteiger partial charge on any atom is 0.321 e. The Hall–Kier alpha value is -0.660.